The van der Waals surface area contributed by atoms with Crippen LogP contribution in [0.5, 0.6) is 0 Å². The standard InChI is InChI=1S/C24H26FN5O3/c1-11-3-2-4-12(5-11)17-6-13(25)9-30(17)24(33)20-18-16(8-26-20)27-10-28-23(18)29-19-14-7-15(14)21(31)22(19)32/h2-5,10,13-15,17,19,21-22,31-32H,6-9H2,1H3,(H,27,28,29)/t13-,14-,15+,17+,19+,21+,22-/m0/s1. The summed E-state index contributed by atoms with van der Waals surface area (Å²) in [6, 6.07) is 7.10. The smallest absolute Gasteiger partial charge is 0.273 e. The van der Waals surface area contributed by atoms with E-state index in [1.807, 2.05) is 31.2 Å². The maximum Gasteiger partial charge on any atom is 0.273 e. The van der Waals surface area contributed by atoms with Crippen molar-refractivity contribution in [1.29, 1.82) is 0 Å². The van der Waals surface area contributed by atoms with Crippen LogP contribution in [-0.4, -0.2) is 67.7 Å². The summed E-state index contributed by atoms with van der Waals surface area (Å²) in [4.78, 5) is 28.3. The number of halogens is 1. The summed E-state index contributed by atoms with van der Waals surface area (Å²) in [5, 5.41) is 23.9. The molecule has 6 rings (SSSR count). The number of rotatable bonds is 4. The Bertz CT molecular complexity index is 1160. The van der Waals surface area contributed by atoms with E-state index < -0.39 is 18.4 Å². The van der Waals surface area contributed by atoms with Gasteiger partial charge in [0.1, 0.15) is 30.1 Å². The Hall–Kier alpha value is -2.91. The number of nitrogens with one attached hydrogen (secondary N) is 1. The van der Waals surface area contributed by atoms with E-state index in [0.29, 0.717) is 17.1 Å². The monoisotopic (exact) mass is 451 g/mol. The van der Waals surface area contributed by atoms with Crippen LogP contribution in [0.2, 0.25) is 0 Å². The average Bonchev–Trinajstić information content (AvgIpc) is 3.20. The molecule has 3 fully saturated rings. The molecule has 4 aliphatic rings. The number of carbonyl (C=O) groups is 1. The van der Waals surface area contributed by atoms with Crippen molar-refractivity contribution in [2.24, 2.45) is 16.8 Å². The van der Waals surface area contributed by atoms with Crippen molar-refractivity contribution in [1.82, 2.24) is 14.9 Å². The van der Waals surface area contributed by atoms with Gasteiger partial charge in [0.25, 0.3) is 5.91 Å². The highest BCUT2D eigenvalue weighted by atomic mass is 19.1. The molecule has 3 heterocycles. The van der Waals surface area contributed by atoms with Crippen LogP contribution in [-0.2, 0) is 11.3 Å². The molecule has 0 radical (unpaired) electrons. The Labute approximate surface area is 190 Å². The number of nitrogens with zero attached hydrogens (tertiary/aromatic N) is 4. The number of benzene rings is 1. The molecule has 1 aromatic carbocycles. The first-order chi connectivity index (χ1) is 15.9. The number of hydrogen-bond donors (Lipinski definition) is 3. The highest BCUT2D eigenvalue weighted by Crippen LogP contribution is 2.53. The fourth-order valence-corrected chi connectivity index (χ4v) is 5.76. The number of carbonyl (C=O) groups excluding carboxylic acids is 1. The zero-order valence-electron chi connectivity index (χ0n) is 18.2. The van der Waals surface area contributed by atoms with Crippen molar-refractivity contribution >= 4 is 17.4 Å². The lowest BCUT2D eigenvalue weighted by Gasteiger charge is -2.26. The molecule has 3 N–H and O–H groups in total. The number of likely N-dealkylation sites (tertiary alicyclic amines) is 1. The van der Waals surface area contributed by atoms with Crippen LogP contribution in [0.1, 0.15) is 41.3 Å². The summed E-state index contributed by atoms with van der Waals surface area (Å²) in [7, 11) is 0. The lowest BCUT2D eigenvalue weighted by Crippen LogP contribution is -2.40. The normalized spacial score (nSPS) is 34.1. The van der Waals surface area contributed by atoms with Gasteiger partial charge in [-0.2, -0.15) is 0 Å². The number of aromatic nitrogens is 2. The molecular formula is C24H26FN5O3. The van der Waals surface area contributed by atoms with E-state index in [1.54, 1.807) is 4.90 Å². The van der Waals surface area contributed by atoms with E-state index in [4.69, 9.17) is 0 Å². The molecule has 0 spiro atoms. The van der Waals surface area contributed by atoms with Gasteiger partial charge in [-0.05, 0) is 30.7 Å². The van der Waals surface area contributed by atoms with E-state index in [-0.39, 0.29) is 55.0 Å². The molecule has 2 aromatic rings. The van der Waals surface area contributed by atoms with E-state index in [9.17, 15) is 19.4 Å². The van der Waals surface area contributed by atoms with Gasteiger partial charge in [-0.25, -0.2) is 14.4 Å². The number of aryl methyl sites for hydroxylation is 1. The number of aliphatic hydroxyl groups is 2. The number of hydrogen-bond acceptors (Lipinski definition) is 7. The second-order valence-corrected chi connectivity index (χ2v) is 9.64. The molecule has 172 valence electrons. The molecule has 2 aliphatic carbocycles. The topological polar surface area (TPSA) is 111 Å². The van der Waals surface area contributed by atoms with Gasteiger partial charge in [0.15, 0.2) is 0 Å². The summed E-state index contributed by atoms with van der Waals surface area (Å²) in [5.74, 6) is 0.365. The molecule has 9 heteroatoms. The number of alkyl halides is 1. The van der Waals surface area contributed by atoms with Crippen LogP contribution in [0, 0.1) is 18.8 Å². The van der Waals surface area contributed by atoms with Crippen molar-refractivity contribution in [3.05, 3.63) is 53.0 Å². The minimum absolute atomic E-state index is 0.0134. The van der Waals surface area contributed by atoms with E-state index in [1.165, 1.54) is 6.33 Å². The number of aliphatic imine (C=N–C) groups is 1. The highest BCUT2D eigenvalue weighted by Gasteiger charge is 2.59. The fraction of sp³-hybridized carbons (Fsp3) is 0.500. The number of amides is 1. The first kappa shape index (κ1) is 20.7. The molecule has 1 saturated heterocycles. The summed E-state index contributed by atoms with van der Waals surface area (Å²) in [5.41, 5.74) is 3.33. The molecule has 0 unspecified atom stereocenters. The third-order valence-corrected chi connectivity index (χ3v) is 7.50. The summed E-state index contributed by atoms with van der Waals surface area (Å²) in [6.45, 7) is 2.24. The second-order valence-electron chi connectivity index (χ2n) is 9.64. The third-order valence-electron chi connectivity index (χ3n) is 7.50. The Kier molecular flexibility index (Phi) is 4.74. The lowest BCUT2D eigenvalue weighted by molar-refractivity contribution is -0.125. The zero-order valence-corrected chi connectivity index (χ0v) is 18.2. The third kappa shape index (κ3) is 3.33. The Morgan fingerprint density at radius 1 is 1.18 bits per heavy atom. The van der Waals surface area contributed by atoms with Crippen molar-refractivity contribution in [2.75, 3.05) is 11.9 Å². The first-order valence-electron chi connectivity index (χ1n) is 11.5. The summed E-state index contributed by atoms with van der Waals surface area (Å²) >= 11 is 0. The van der Waals surface area contributed by atoms with Crippen LogP contribution in [0.3, 0.4) is 0 Å². The molecule has 1 amide bonds. The summed E-state index contributed by atoms with van der Waals surface area (Å²) in [6.07, 6.45) is -0.234. The molecule has 2 aliphatic heterocycles. The van der Waals surface area contributed by atoms with Crippen molar-refractivity contribution in [3.63, 3.8) is 0 Å². The largest absolute Gasteiger partial charge is 0.390 e. The molecule has 1 aromatic heterocycles. The van der Waals surface area contributed by atoms with Crippen molar-refractivity contribution < 1.29 is 19.4 Å². The van der Waals surface area contributed by atoms with Crippen LogP contribution in [0.25, 0.3) is 0 Å². The quantitative estimate of drug-likeness (QED) is 0.651. The Morgan fingerprint density at radius 3 is 2.79 bits per heavy atom. The molecular weight excluding hydrogens is 425 g/mol. The predicted octanol–water partition coefficient (Wildman–Crippen LogP) is 1.55. The fourth-order valence-electron chi connectivity index (χ4n) is 5.76. The van der Waals surface area contributed by atoms with Gasteiger partial charge < -0.3 is 20.4 Å². The van der Waals surface area contributed by atoms with Gasteiger partial charge >= 0.3 is 0 Å². The SMILES string of the molecule is Cc1cccc([C@H]2C[C@H](F)CN2C(=O)C2=NCc3ncnc(N[C@H]4[C@H](O)[C@H](O)[C@@H]5C[C@@H]54)c32)c1. The van der Waals surface area contributed by atoms with Crippen LogP contribution in [0.4, 0.5) is 10.2 Å². The Balaban J connectivity index is 1.30. The molecule has 33 heavy (non-hydrogen) atoms. The van der Waals surface area contributed by atoms with Gasteiger partial charge in [-0.3, -0.25) is 9.79 Å². The van der Waals surface area contributed by atoms with Gasteiger partial charge in [-0.1, -0.05) is 29.8 Å². The lowest BCUT2D eigenvalue weighted by atomic mass is 10.0. The van der Waals surface area contributed by atoms with Gasteiger partial charge in [0.2, 0.25) is 0 Å². The second kappa shape index (κ2) is 7.56. The number of anilines is 1. The number of fused-ring (bicyclic) bond motifs is 2. The molecule has 8 nitrogen and oxygen atoms in total. The molecule has 0 bridgehead atoms. The minimum Gasteiger partial charge on any atom is -0.390 e. The Morgan fingerprint density at radius 2 is 2.03 bits per heavy atom. The van der Waals surface area contributed by atoms with Crippen LogP contribution < -0.4 is 5.32 Å². The van der Waals surface area contributed by atoms with Crippen molar-refractivity contribution in [2.45, 2.75) is 56.8 Å². The van der Waals surface area contributed by atoms with Gasteiger partial charge in [0, 0.05) is 6.42 Å². The average molecular weight is 452 g/mol. The van der Waals surface area contributed by atoms with Crippen molar-refractivity contribution in [3.8, 4) is 0 Å². The van der Waals surface area contributed by atoms with Crippen LogP contribution in [0.15, 0.2) is 35.6 Å². The number of aliphatic hydroxyl groups excluding tert-OH is 2. The molecule has 7 atom stereocenters. The van der Waals surface area contributed by atoms with Gasteiger partial charge in [-0.15, -0.1) is 0 Å². The minimum atomic E-state index is -1.10. The maximum absolute atomic E-state index is 14.5. The highest BCUT2D eigenvalue weighted by molar-refractivity contribution is 6.47. The van der Waals surface area contributed by atoms with E-state index in [0.717, 1.165) is 17.5 Å². The van der Waals surface area contributed by atoms with Crippen LogP contribution >= 0.6 is 0 Å². The first-order valence-corrected chi connectivity index (χ1v) is 11.5. The maximum atomic E-state index is 14.5. The van der Waals surface area contributed by atoms with E-state index >= 15 is 0 Å². The molecule has 2 saturated carbocycles. The summed E-state index contributed by atoms with van der Waals surface area (Å²) < 4.78 is 14.5. The van der Waals surface area contributed by atoms with E-state index in [2.05, 4.69) is 20.3 Å². The van der Waals surface area contributed by atoms with Gasteiger partial charge in [0.05, 0.1) is 42.5 Å². The zero-order chi connectivity index (χ0) is 22.9. The predicted molar refractivity (Wildman–Crippen MR) is 118 cm³/mol.